The normalized spacial score (nSPS) is 18.0. The Morgan fingerprint density at radius 2 is 1.54 bits per heavy atom. The van der Waals surface area contributed by atoms with E-state index in [1.165, 1.54) is 12.8 Å². The summed E-state index contributed by atoms with van der Waals surface area (Å²) in [5.41, 5.74) is 1.04. The molecule has 0 spiro atoms. The molecule has 3 nitrogen and oxygen atoms in total. The summed E-state index contributed by atoms with van der Waals surface area (Å²) in [6, 6.07) is 1.88. The van der Waals surface area contributed by atoms with Crippen molar-refractivity contribution in [2.24, 2.45) is 5.92 Å². The zero-order valence-electron chi connectivity index (χ0n) is 17.3. The lowest BCUT2D eigenvalue weighted by molar-refractivity contribution is -0.139. The molecule has 0 amide bonds. The minimum absolute atomic E-state index is 0.0122. The predicted molar refractivity (Wildman–Crippen MR) is 107 cm³/mol. The largest absolute Gasteiger partial charge is 0.518 e. The first kappa shape index (κ1) is 23.9. The number of carbonyl (C=O) groups excluding carboxylic acids is 1. The first-order valence-electron chi connectivity index (χ1n) is 9.86. The highest BCUT2D eigenvalue weighted by molar-refractivity contribution is 6.77. The number of carbonyl (C=O) groups is 1. The van der Waals surface area contributed by atoms with E-state index in [1.54, 1.807) is 0 Å². The molecule has 0 aromatic heterocycles. The van der Waals surface area contributed by atoms with Gasteiger partial charge in [-0.05, 0) is 37.0 Å². The van der Waals surface area contributed by atoms with E-state index in [-0.39, 0.29) is 18.0 Å². The highest BCUT2D eigenvalue weighted by atomic mass is 28.4. The van der Waals surface area contributed by atoms with E-state index in [9.17, 15) is 4.79 Å². The molecule has 142 valence electrons. The zero-order valence-corrected chi connectivity index (χ0v) is 19.3. The Labute approximate surface area is 154 Å². The van der Waals surface area contributed by atoms with Gasteiger partial charge in [0, 0.05) is 6.10 Å². The van der Waals surface area contributed by atoms with E-state index in [1.807, 2.05) is 20.8 Å². The second-order valence-electron chi connectivity index (χ2n) is 7.51. The van der Waals surface area contributed by atoms with Gasteiger partial charge in [0.25, 0.3) is 14.3 Å². The number of rotatable bonds is 13. The van der Waals surface area contributed by atoms with Gasteiger partial charge in [-0.1, -0.05) is 67.2 Å². The maximum Gasteiger partial charge on any atom is 0.295 e. The summed E-state index contributed by atoms with van der Waals surface area (Å²) < 4.78 is 12.0. The predicted octanol–water partition coefficient (Wildman–Crippen LogP) is 5.97. The van der Waals surface area contributed by atoms with Gasteiger partial charge < -0.3 is 8.85 Å². The second kappa shape index (κ2) is 12.3. The molecule has 0 aliphatic heterocycles. The van der Waals surface area contributed by atoms with Crippen molar-refractivity contribution >= 4 is 24.0 Å². The fraction of sp³-hybridized carbons (Fsp3) is 0.947. The first-order valence-corrected chi connectivity index (χ1v) is 13.2. The van der Waals surface area contributed by atoms with Crippen LogP contribution in [0.1, 0.15) is 81.1 Å². The molecule has 0 aliphatic rings. The van der Waals surface area contributed by atoms with Gasteiger partial charge in [0.2, 0.25) is 9.76 Å². The molecule has 0 aromatic carbocycles. The SMILES string of the molecule is CCCC[Si](OC(=O)C(C)C[Si]OC(C)C)(C(C)CC)C(C)CC. The number of unbranched alkanes of at least 4 members (excludes halogenated alkanes) is 1. The van der Waals surface area contributed by atoms with Gasteiger partial charge in [0.15, 0.2) is 0 Å². The summed E-state index contributed by atoms with van der Waals surface area (Å²) in [4.78, 5) is 12.8. The van der Waals surface area contributed by atoms with Crippen LogP contribution in [0, 0.1) is 5.92 Å². The number of hydrogen-bond donors (Lipinski definition) is 0. The Hall–Kier alpha value is -0.136. The molecule has 0 saturated carbocycles. The van der Waals surface area contributed by atoms with E-state index >= 15 is 0 Å². The van der Waals surface area contributed by atoms with E-state index in [2.05, 4.69) is 34.6 Å². The molecule has 0 N–H and O–H groups in total. The van der Waals surface area contributed by atoms with Gasteiger partial charge in [0.1, 0.15) is 0 Å². The number of hydrogen-bond acceptors (Lipinski definition) is 3. The lowest BCUT2D eigenvalue weighted by Crippen LogP contribution is -2.48. The Bertz CT molecular complexity index is 338. The summed E-state index contributed by atoms with van der Waals surface area (Å²) in [5.74, 6) is -0.0538. The lowest BCUT2D eigenvalue weighted by atomic mass is 10.2. The molecule has 0 fully saturated rings. The minimum Gasteiger partial charge on any atom is -0.518 e. The average Bonchev–Trinajstić information content (AvgIpc) is 2.56. The van der Waals surface area contributed by atoms with Gasteiger partial charge in [-0.15, -0.1) is 0 Å². The van der Waals surface area contributed by atoms with E-state index in [0.29, 0.717) is 20.8 Å². The molecule has 0 saturated heterocycles. The standard InChI is InChI=1S/C19H40O3Si2/c1-9-12-13-24(17(7)10-2,18(8)11-3)22-19(20)16(6)14-23-21-15(4)5/h15-18H,9-14H2,1-8H3. The molecule has 3 unspecified atom stereocenters. The molecule has 0 heterocycles. The monoisotopic (exact) mass is 372 g/mol. The third kappa shape index (κ3) is 7.40. The second-order valence-corrected chi connectivity index (χ2v) is 13.0. The highest BCUT2D eigenvalue weighted by Gasteiger charge is 2.47. The van der Waals surface area contributed by atoms with Crippen molar-refractivity contribution in [2.75, 3.05) is 0 Å². The third-order valence-electron chi connectivity index (χ3n) is 5.22. The summed E-state index contributed by atoms with van der Waals surface area (Å²) in [6.45, 7) is 17.3. The van der Waals surface area contributed by atoms with Gasteiger partial charge in [0.05, 0.1) is 5.92 Å². The van der Waals surface area contributed by atoms with Crippen LogP contribution in [0.25, 0.3) is 0 Å². The van der Waals surface area contributed by atoms with E-state index < -0.39 is 8.32 Å². The lowest BCUT2D eigenvalue weighted by Gasteiger charge is -2.41. The fourth-order valence-corrected chi connectivity index (χ4v) is 9.26. The molecule has 0 aliphatic carbocycles. The molecular formula is C19H40O3Si2. The summed E-state index contributed by atoms with van der Waals surface area (Å²) in [7, 11) is -1.72. The topological polar surface area (TPSA) is 35.5 Å². The molecule has 24 heavy (non-hydrogen) atoms. The van der Waals surface area contributed by atoms with E-state index in [4.69, 9.17) is 8.85 Å². The van der Waals surface area contributed by atoms with Crippen LogP contribution in [0.15, 0.2) is 0 Å². The summed E-state index contributed by atoms with van der Waals surface area (Å²) in [5, 5.41) is 0. The van der Waals surface area contributed by atoms with Crippen molar-refractivity contribution in [3.8, 4) is 0 Å². The van der Waals surface area contributed by atoms with Crippen LogP contribution in [-0.2, 0) is 13.6 Å². The van der Waals surface area contributed by atoms with Gasteiger partial charge in [-0.2, -0.15) is 0 Å². The minimum atomic E-state index is -2.10. The van der Waals surface area contributed by atoms with Gasteiger partial charge in [-0.3, -0.25) is 4.79 Å². The summed E-state index contributed by atoms with van der Waals surface area (Å²) >= 11 is 0. The third-order valence-corrected chi connectivity index (χ3v) is 12.5. The van der Waals surface area contributed by atoms with Gasteiger partial charge in [-0.25, -0.2) is 0 Å². The highest BCUT2D eigenvalue weighted by Crippen LogP contribution is 2.42. The Morgan fingerprint density at radius 1 is 1.00 bits per heavy atom. The smallest absolute Gasteiger partial charge is 0.295 e. The molecule has 0 aromatic rings. The van der Waals surface area contributed by atoms with Crippen molar-refractivity contribution < 1.29 is 13.6 Å². The van der Waals surface area contributed by atoms with Crippen LogP contribution in [0.4, 0.5) is 0 Å². The van der Waals surface area contributed by atoms with Crippen LogP contribution in [0.3, 0.4) is 0 Å². The molecule has 5 heteroatoms. The van der Waals surface area contributed by atoms with Crippen LogP contribution >= 0.6 is 0 Å². The van der Waals surface area contributed by atoms with Crippen molar-refractivity contribution in [3.05, 3.63) is 0 Å². The van der Waals surface area contributed by atoms with Crippen molar-refractivity contribution in [2.45, 2.75) is 110 Å². The summed E-state index contributed by atoms with van der Waals surface area (Å²) in [6.07, 6.45) is 4.75. The van der Waals surface area contributed by atoms with Crippen molar-refractivity contribution in [3.63, 3.8) is 0 Å². The quantitative estimate of drug-likeness (QED) is 0.373. The van der Waals surface area contributed by atoms with Crippen LogP contribution in [-0.4, -0.2) is 30.2 Å². The fourth-order valence-electron chi connectivity index (χ4n) is 3.09. The molecule has 3 atom stereocenters. The van der Waals surface area contributed by atoms with Crippen LogP contribution < -0.4 is 0 Å². The average molecular weight is 373 g/mol. The maximum atomic E-state index is 12.8. The maximum absolute atomic E-state index is 12.8. The Kier molecular flexibility index (Phi) is 12.2. The molecular weight excluding hydrogens is 332 g/mol. The Morgan fingerprint density at radius 3 is 1.96 bits per heavy atom. The van der Waals surface area contributed by atoms with E-state index in [0.717, 1.165) is 24.9 Å². The van der Waals surface area contributed by atoms with Crippen molar-refractivity contribution in [1.29, 1.82) is 0 Å². The van der Waals surface area contributed by atoms with Crippen molar-refractivity contribution in [1.82, 2.24) is 0 Å². The van der Waals surface area contributed by atoms with Crippen LogP contribution in [0.5, 0.6) is 0 Å². The molecule has 0 bridgehead atoms. The molecule has 0 rings (SSSR count). The zero-order chi connectivity index (χ0) is 18.8. The van der Waals surface area contributed by atoms with Gasteiger partial charge >= 0.3 is 0 Å². The van der Waals surface area contributed by atoms with Crippen LogP contribution in [0.2, 0.25) is 23.2 Å². The molecule has 2 radical (unpaired) electrons. The Balaban J connectivity index is 5.10. The first-order chi connectivity index (χ1) is 11.2.